The lowest BCUT2D eigenvalue weighted by molar-refractivity contribution is 0.0926. The van der Waals surface area contributed by atoms with Crippen molar-refractivity contribution in [2.45, 2.75) is 30.4 Å². The standard InChI is InChI=1S/C22H30N2O5S/c1-23(2)18-9-7-17(8-10-18)15-24(16-19-6-5-13-29-19)30(25,26)20-11-12-21(27-3)22(14-20)28-4/h7-12,14,19H,5-6,13,15-16H2,1-4H3/t19-/m1/s1. The molecule has 0 bridgehead atoms. The molecular weight excluding hydrogens is 404 g/mol. The Morgan fingerprint density at radius 1 is 1.03 bits per heavy atom. The summed E-state index contributed by atoms with van der Waals surface area (Å²) in [6.07, 6.45) is 1.71. The third-order valence-electron chi connectivity index (χ3n) is 5.24. The minimum absolute atomic E-state index is 0.0963. The van der Waals surface area contributed by atoms with E-state index >= 15 is 0 Å². The van der Waals surface area contributed by atoms with Gasteiger partial charge in [-0.3, -0.25) is 0 Å². The van der Waals surface area contributed by atoms with Crippen LogP contribution in [0.15, 0.2) is 47.4 Å². The van der Waals surface area contributed by atoms with Crippen LogP contribution in [-0.2, 0) is 21.3 Å². The highest BCUT2D eigenvalue weighted by atomic mass is 32.2. The first-order valence-electron chi connectivity index (χ1n) is 9.95. The first-order chi connectivity index (χ1) is 14.3. The fourth-order valence-corrected chi connectivity index (χ4v) is 4.97. The van der Waals surface area contributed by atoms with E-state index in [9.17, 15) is 8.42 Å². The number of benzene rings is 2. The topological polar surface area (TPSA) is 68.3 Å². The summed E-state index contributed by atoms with van der Waals surface area (Å²) in [6, 6.07) is 12.6. The summed E-state index contributed by atoms with van der Waals surface area (Å²) in [6.45, 7) is 1.25. The van der Waals surface area contributed by atoms with Crippen molar-refractivity contribution in [1.82, 2.24) is 4.31 Å². The first kappa shape index (κ1) is 22.4. The van der Waals surface area contributed by atoms with E-state index in [-0.39, 0.29) is 17.5 Å². The van der Waals surface area contributed by atoms with Crippen LogP contribution >= 0.6 is 0 Å². The quantitative estimate of drug-likeness (QED) is 0.604. The van der Waals surface area contributed by atoms with Gasteiger partial charge < -0.3 is 19.1 Å². The van der Waals surface area contributed by atoms with Crippen LogP contribution in [0.4, 0.5) is 5.69 Å². The fraction of sp³-hybridized carbons (Fsp3) is 0.455. The second-order valence-electron chi connectivity index (χ2n) is 7.51. The number of methoxy groups -OCH3 is 2. The maximum Gasteiger partial charge on any atom is 0.243 e. The first-order valence-corrected chi connectivity index (χ1v) is 11.4. The molecule has 0 aliphatic carbocycles. The number of ether oxygens (including phenoxy) is 3. The van der Waals surface area contributed by atoms with E-state index < -0.39 is 10.0 Å². The van der Waals surface area contributed by atoms with Gasteiger partial charge in [-0.05, 0) is 42.7 Å². The monoisotopic (exact) mass is 434 g/mol. The van der Waals surface area contributed by atoms with Crippen molar-refractivity contribution >= 4 is 15.7 Å². The molecule has 1 aliphatic heterocycles. The zero-order valence-electron chi connectivity index (χ0n) is 18.0. The van der Waals surface area contributed by atoms with Crippen molar-refractivity contribution in [2.75, 3.05) is 46.4 Å². The lowest BCUT2D eigenvalue weighted by Gasteiger charge is -2.25. The summed E-state index contributed by atoms with van der Waals surface area (Å²) in [5, 5.41) is 0. The molecule has 2 aromatic carbocycles. The number of hydrogen-bond donors (Lipinski definition) is 0. The van der Waals surface area contributed by atoms with E-state index in [4.69, 9.17) is 14.2 Å². The molecule has 0 saturated carbocycles. The molecule has 1 heterocycles. The second-order valence-corrected chi connectivity index (χ2v) is 9.45. The number of rotatable bonds is 9. The van der Waals surface area contributed by atoms with Crippen molar-refractivity contribution in [3.63, 3.8) is 0 Å². The van der Waals surface area contributed by atoms with Crippen molar-refractivity contribution in [2.24, 2.45) is 0 Å². The van der Waals surface area contributed by atoms with Crippen molar-refractivity contribution in [3.05, 3.63) is 48.0 Å². The average Bonchev–Trinajstić information content (AvgIpc) is 3.26. The highest BCUT2D eigenvalue weighted by molar-refractivity contribution is 7.89. The molecule has 0 spiro atoms. The molecule has 164 valence electrons. The Kier molecular flexibility index (Phi) is 7.23. The minimum Gasteiger partial charge on any atom is -0.493 e. The zero-order chi connectivity index (χ0) is 21.7. The summed E-state index contributed by atoms with van der Waals surface area (Å²) in [4.78, 5) is 2.18. The molecule has 2 aromatic rings. The maximum absolute atomic E-state index is 13.5. The number of sulfonamides is 1. The highest BCUT2D eigenvalue weighted by Crippen LogP contribution is 2.31. The molecule has 1 saturated heterocycles. The van der Waals surface area contributed by atoms with E-state index in [1.165, 1.54) is 24.6 Å². The SMILES string of the molecule is COc1ccc(S(=O)(=O)N(Cc2ccc(N(C)C)cc2)C[C@H]2CCCO2)cc1OC. The molecular formula is C22H30N2O5S. The van der Waals surface area contributed by atoms with Crippen LogP contribution in [0.1, 0.15) is 18.4 Å². The Bertz CT molecular complexity index is 939. The summed E-state index contributed by atoms with van der Waals surface area (Å²) < 4.78 is 44.8. The molecule has 1 aliphatic rings. The molecule has 0 N–H and O–H groups in total. The normalized spacial score (nSPS) is 16.6. The lowest BCUT2D eigenvalue weighted by atomic mass is 10.2. The van der Waals surface area contributed by atoms with Crippen LogP contribution in [0.2, 0.25) is 0 Å². The van der Waals surface area contributed by atoms with Gasteiger partial charge >= 0.3 is 0 Å². The Morgan fingerprint density at radius 3 is 2.30 bits per heavy atom. The van der Waals surface area contributed by atoms with Crippen molar-refractivity contribution in [3.8, 4) is 11.5 Å². The molecule has 30 heavy (non-hydrogen) atoms. The van der Waals surface area contributed by atoms with E-state index in [0.717, 1.165) is 24.1 Å². The van der Waals surface area contributed by atoms with Gasteiger partial charge in [0.25, 0.3) is 0 Å². The number of anilines is 1. The number of nitrogens with zero attached hydrogens (tertiary/aromatic N) is 2. The van der Waals surface area contributed by atoms with E-state index in [1.54, 1.807) is 12.1 Å². The van der Waals surface area contributed by atoms with Gasteiger partial charge in [0, 0.05) is 45.5 Å². The highest BCUT2D eigenvalue weighted by Gasteiger charge is 2.30. The van der Waals surface area contributed by atoms with Crippen molar-refractivity contribution < 1.29 is 22.6 Å². The van der Waals surface area contributed by atoms with Crippen LogP contribution in [0.25, 0.3) is 0 Å². The fourth-order valence-electron chi connectivity index (χ4n) is 3.49. The summed E-state index contributed by atoms with van der Waals surface area (Å²) in [5.41, 5.74) is 1.98. The Morgan fingerprint density at radius 2 is 1.73 bits per heavy atom. The molecule has 0 aromatic heterocycles. The third-order valence-corrected chi connectivity index (χ3v) is 7.04. The van der Waals surface area contributed by atoms with Crippen LogP contribution in [0, 0.1) is 0 Å². The van der Waals surface area contributed by atoms with Gasteiger partial charge in [0.05, 0.1) is 25.2 Å². The summed E-state index contributed by atoms with van der Waals surface area (Å²) in [7, 11) is 3.19. The summed E-state index contributed by atoms with van der Waals surface area (Å²) >= 11 is 0. The van der Waals surface area contributed by atoms with Gasteiger partial charge in [0.2, 0.25) is 10.0 Å². The molecule has 1 atom stereocenters. The second kappa shape index (κ2) is 9.68. The van der Waals surface area contributed by atoms with Gasteiger partial charge in [0.1, 0.15) is 0 Å². The van der Waals surface area contributed by atoms with Gasteiger partial charge in [-0.1, -0.05) is 12.1 Å². The van der Waals surface area contributed by atoms with Crippen LogP contribution < -0.4 is 14.4 Å². The molecule has 3 rings (SSSR count). The van der Waals surface area contributed by atoms with Crippen molar-refractivity contribution in [1.29, 1.82) is 0 Å². The Labute approximate surface area is 179 Å². The van der Waals surface area contributed by atoms with Crippen LogP contribution in [-0.4, -0.2) is 60.3 Å². The predicted molar refractivity (Wildman–Crippen MR) is 117 cm³/mol. The van der Waals surface area contributed by atoms with Gasteiger partial charge in [-0.2, -0.15) is 4.31 Å². The minimum atomic E-state index is -3.76. The molecule has 0 radical (unpaired) electrons. The smallest absolute Gasteiger partial charge is 0.243 e. The Hall–Kier alpha value is -2.29. The maximum atomic E-state index is 13.5. The van der Waals surface area contributed by atoms with E-state index in [1.807, 2.05) is 43.3 Å². The number of hydrogen-bond acceptors (Lipinski definition) is 6. The molecule has 1 fully saturated rings. The van der Waals surface area contributed by atoms with Gasteiger partial charge in [-0.15, -0.1) is 0 Å². The summed E-state index contributed by atoms with van der Waals surface area (Å²) in [5.74, 6) is 0.868. The largest absolute Gasteiger partial charge is 0.493 e. The van der Waals surface area contributed by atoms with Crippen LogP contribution in [0.3, 0.4) is 0 Å². The molecule has 8 heteroatoms. The van der Waals surface area contributed by atoms with Gasteiger partial charge in [0.15, 0.2) is 11.5 Å². The van der Waals surface area contributed by atoms with E-state index in [2.05, 4.69) is 0 Å². The molecule has 0 unspecified atom stereocenters. The predicted octanol–water partition coefficient (Wildman–Crippen LogP) is 3.14. The van der Waals surface area contributed by atoms with Crippen LogP contribution in [0.5, 0.6) is 11.5 Å². The third kappa shape index (κ3) is 5.06. The average molecular weight is 435 g/mol. The Balaban J connectivity index is 1.91. The zero-order valence-corrected chi connectivity index (χ0v) is 18.8. The lowest BCUT2D eigenvalue weighted by Crippen LogP contribution is -2.37. The molecule has 0 amide bonds. The molecule has 7 nitrogen and oxygen atoms in total. The van der Waals surface area contributed by atoms with Gasteiger partial charge in [-0.25, -0.2) is 8.42 Å². The van der Waals surface area contributed by atoms with E-state index in [0.29, 0.717) is 24.7 Å².